The van der Waals surface area contributed by atoms with Gasteiger partial charge in [-0.05, 0) is 24.1 Å². The van der Waals surface area contributed by atoms with Crippen LogP contribution in [0.2, 0.25) is 5.02 Å². The smallest absolute Gasteiger partial charge is 0.305 e. The zero-order chi connectivity index (χ0) is 19.3. The molecule has 3 atom stereocenters. The molecule has 1 aromatic carbocycles. The highest BCUT2D eigenvalue weighted by atomic mass is 35.5. The van der Waals surface area contributed by atoms with E-state index in [4.69, 9.17) is 21.4 Å². The first-order chi connectivity index (χ1) is 12.3. The summed E-state index contributed by atoms with van der Waals surface area (Å²) < 4.78 is 5.30. The fourth-order valence-electron chi connectivity index (χ4n) is 3.23. The van der Waals surface area contributed by atoms with E-state index in [-0.39, 0.29) is 30.8 Å². The van der Waals surface area contributed by atoms with E-state index in [9.17, 15) is 14.4 Å². The topological polar surface area (TPSA) is 95.9 Å². The van der Waals surface area contributed by atoms with Crippen LogP contribution in [0.5, 0.6) is 0 Å². The number of likely N-dealkylation sites (tertiary alicyclic amines) is 1. The Bertz CT molecular complexity index is 664. The molecule has 3 unspecified atom stereocenters. The van der Waals surface area contributed by atoms with Crippen molar-refractivity contribution in [1.82, 2.24) is 10.2 Å². The predicted octanol–water partition coefficient (Wildman–Crippen LogP) is 2.00. The third kappa shape index (κ3) is 5.44. The highest BCUT2D eigenvalue weighted by Gasteiger charge is 2.37. The van der Waals surface area contributed by atoms with Crippen LogP contribution in [0.25, 0.3) is 0 Å². The first-order valence-electron chi connectivity index (χ1n) is 8.36. The lowest BCUT2D eigenvalue weighted by Gasteiger charge is -2.26. The van der Waals surface area contributed by atoms with E-state index >= 15 is 0 Å². The fourth-order valence-corrected chi connectivity index (χ4v) is 3.36. The molecule has 0 saturated carbocycles. The minimum Gasteiger partial charge on any atom is -0.481 e. The first kappa shape index (κ1) is 20.2. The number of carbonyl (C=O) groups is 3. The lowest BCUT2D eigenvalue weighted by Crippen LogP contribution is -2.40. The SMILES string of the molecule is COC1CC(CC(=O)O)N(C(=O)CC(NC(C)=O)c2ccc(Cl)cc2)C1. The molecule has 0 aromatic heterocycles. The minimum absolute atomic E-state index is 0.0355. The summed E-state index contributed by atoms with van der Waals surface area (Å²) >= 11 is 5.90. The standard InChI is InChI=1S/C18H23ClN2O5/c1-11(22)20-16(12-3-5-13(19)6-4-12)9-17(23)21-10-15(26-2)7-14(21)8-18(24)25/h3-6,14-16H,7-10H2,1-2H3,(H,20,22)(H,24,25). The Balaban J connectivity index is 2.15. The Hall–Kier alpha value is -2.12. The second kappa shape index (κ2) is 9.00. The number of aliphatic carboxylic acids is 1. The number of nitrogens with zero attached hydrogens (tertiary/aromatic N) is 1. The average molecular weight is 383 g/mol. The van der Waals surface area contributed by atoms with Gasteiger partial charge < -0.3 is 20.1 Å². The van der Waals surface area contributed by atoms with Crippen LogP contribution in [0.15, 0.2) is 24.3 Å². The summed E-state index contributed by atoms with van der Waals surface area (Å²) in [6.45, 7) is 1.73. The summed E-state index contributed by atoms with van der Waals surface area (Å²) in [4.78, 5) is 37.0. The van der Waals surface area contributed by atoms with E-state index in [0.717, 1.165) is 5.56 Å². The molecule has 1 fully saturated rings. The fraction of sp³-hybridized carbons (Fsp3) is 0.500. The van der Waals surface area contributed by atoms with Gasteiger partial charge in [0.25, 0.3) is 0 Å². The van der Waals surface area contributed by atoms with Crippen molar-refractivity contribution in [2.45, 2.75) is 44.4 Å². The molecule has 142 valence electrons. The lowest BCUT2D eigenvalue weighted by atomic mass is 10.0. The number of ether oxygens (including phenoxy) is 1. The van der Waals surface area contributed by atoms with Gasteiger partial charge >= 0.3 is 5.97 Å². The Morgan fingerprint density at radius 2 is 2.00 bits per heavy atom. The van der Waals surface area contributed by atoms with Gasteiger partial charge in [0.15, 0.2) is 0 Å². The van der Waals surface area contributed by atoms with Crippen LogP contribution < -0.4 is 5.32 Å². The summed E-state index contributed by atoms with van der Waals surface area (Å²) in [5, 5.41) is 12.4. The van der Waals surface area contributed by atoms with Gasteiger partial charge in [0.1, 0.15) is 0 Å². The van der Waals surface area contributed by atoms with E-state index in [1.807, 2.05) is 0 Å². The quantitative estimate of drug-likeness (QED) is 0.751. The minimum atomic E-state index is -0.958. The molecule has 1 aliphatic heterocycles. The molecule has 8 heteroatoms. The van der Waals surface area contributed by atoms with Crippen LogP contribution in [0, 0.1) is 0 Å². The van der Waals surface area contributed by atoms with Gasteiger partial charge in [-0.25, -0.2) is 0 Å². The molecule has 1 saturated heterocycles. The van der Waals surface area contributed by atoms with Gasteiger partial charge in [-0.1, -0.05) is 23.7 Å². The summed E-state index contributed by atoms with van der Waals surface area (Å²) in [7, 11) is 1.55. The van der Waals surface area contributed by atoms with E-state index in [1.165, 1.54) is 6.92 Å². The van der Waals surface area contributed by atoms with Crippen LogP contribution in [0.1, 0.15) is 37.8 Å². The normalized spacial score (nSPS) is 20.7. The number of amides is 2. The molecule has 7 nitrogen and oxygen atoms in total. The van der Waals surface area contributed by atoms with Crippen molar-refractivity contribution < 1.29 is 24.2 Å². The molecule has 1 heterocycles. The van der Waals surface area contributed by atoms with Gasteiger partial charge in [-0.15, -0.1) is 0 Å². The second-order valence-corrected chi connectivity index (χ2v) is 6.84. The van der Waals surface area contributed by atoms with Crippen molar-refractivity contribution in [2.24, 2.45) is 0 Å². The molecule has 1 aliphatic rings. The van der Waals surface area contributed by atoms with E-state index < -0.39 is 18.1 Å². The van der Waals surface area contributed by atoms with Gasteiger partial charge in [0, 0.05) is 31.6 Å². The summed E-state index contributed by atoms with van der Waals surface area (Å²) in [6, 6.07) is 5.98. The molecule has 2 N–H and O–H groups in total. The summed E-state index contributed by atoms with van der Waals surface area (Å²) in [5.74, 6) is -1.43. The highest BCUT2D eigenvalue weighted by Crippen LogP contribution is 2.26. The number of methoxy groups -OCH3 is 1. The number of benzene rings is 1. The molecule has 2 rings (SSSR count). The van der Waals surface area contributed by atoms with Crippen LogP contribution in [-0.4, -0.2) is 53.6 Å². The number of carboxylic acid groups (broad SMARTS) is 1. The molecule has 0 radical (unpaired) electrons. The molecular weight excluding hydrogens is 360 g/mol. The molecule has 1 aromatic rings. The van der Waals surface area contributed by atoms with Crippen molar-refractivity contribution in [3.8, 4) is 0 Å². The van der Waals surface area contributed by atoms with Crippen molar-refractivity contribution in [3.63, 3.8) is 0 Å². The van der Waals surface area contributed by atoms with Crippen molar-refractivity contribution in [1.29, 1.82) is 0 Å². The number of carboxylic acids is 1. The number of hydrogen-bond acceptors (Lipinski definition) is 4. The number of nitrogens with one attached hydrogen (secondary N) is 1. The Kier molecular flexibility index (Phi) is 6.99. The van der Waals surface area contributed by atoms with E-state index in [1.54, 1.807) is 36.3 Å². The third-order valence-corrected chi connectivity index (χ3v) is 4.72. The number of halogens is 1. The maximum atomic E-state index is 12.8. The predicted molar refractivity (Wildman–Crippen MR) is 95.8 cm³/mol. The van der Waals surface area contributed by atoms with E-state index in [2.05, 4.69) is 5.32 Å². The maximum Gasteiger partial charge on any atom is 0.305 e. The molecule has 26 heavy (non-hydrogen) atoms. The van der Waals surface area contributed by atoms with Crippen molar-refractivity contribution in [3.05, 3.63) is 34.9 Å². The van der Waals surface area contributed by atoms with Crippen molar-refractivity contribution in [2.75, 3.05) is 13.7 Å². The van der Waals surface area contributed by atoms with Crippen LogP contribution in [-0.2, 0) is 19.1 Å². The van der Waals surface area contributed by atoms with Crippen LogP contribution in [0.3, 0.4) is 0 Å². The highest BCUT2D eigenvalue weighted by molar-refractivity contribution is 6.30. The zero-order valence-corrected chi connectivity index (χ0v) is 15.5. The van der Waals surface area contributed by atoms with Gasteiger partial charge in [-0.2, -0.15) is 0 Å². The van der Waals surface area contributed by atoms with Gasteiger partial charge in [0.2, 0.25) is 11.8 Å². The first-order valence-corrected chi connectivity index (χ1v) is 8.74. The van der Waals surface area contributed by atoms with E-state index in [0.29, 0.717) is 18.0 Å². The Labute approximate surface area is 157 Å². The summed E-state index contributed by atoms with van der Waals surface area (Å²) in [6.07, 6.45) is 0.212. The summed E-state index contributed by atoms with van der Waals surface area (Å²) in [5.41, 5.74) is 0.759. The second-order valence-electron chi connectivity index (χ2n) is 6.40. The largest absolute Gasteiger partial charge is 0.481 e. The molecule has 0 bridgehead atoms. The maximum absolute atomic E-state index is 12.8. The molecular formula is C18H23ClN2O5. The van der Waals surface area contributed by atoms with Gasteiger partial charge in [-0.3, -0.25) is 14.4 Å². The van der Waals surface area contributed by atoms with Gasteiger partial charge in [0.05, 0.1) is 25.0 Å². The third-order valence-electron chi connectivity index (χ3n) is 4.47. The number of rotatable bonds is 7. The zero-order valence-electron chi connectivity index (χ0n) is 14.8. The Morgan fingerprint density at radius 1 is 1.35 bits per heavy atom. The lowest BCUT2D eigenvalue weighted by molar-refractivity contribution is -0.140. The Morgan fingerprint density at radius 3 is 2.54 bits per heavy atom. The number of carbonyl (C=O) groups excluding carboxylic acids is 2. The van der Waals surface area contributed by atoms with Crippen molar-refractivity contribution >= 4 is 29.4 Å². The molecule has 0 aliphatic carbocycles. The number of hydrogen-bond donors (Lipinski definition) is 2. The average Bonchev–Trinajstić information content (AvgIpc) is 2.97. The molecule has 0 spiro atoms. The monoisotopic (exact) mass is 382 g/mol. The van der Waals surface area contributed by atoms with Crippen LogP contribution >= 0.6 is 11.6 Å². The molecule has 2 amide bonds. The van der Waals surface area contributed by atoms with Crippen LogP contribution in [0.4, 0.5) is 0 Å².